The summed E-state index contributed by atoms with van der Waals surface area (Å²) in [7, 11) is 0. The lowest BCUT2D eigenvalue weighted by atomic mass is 9.79. The van der Waals surface area contributed by atoms with Crippen LogP contribution in [0.15, 0.2) is 0 Å². The zero-order chi connectivity index (χ0) is 14.6. The van der Waals surface area contributed by atoms with Gasteiger partial charge in [0.1, 0.15) is 5.01 Å². The number of halogens is 1. The molecule has 1 fully saturated rings. The summed E-state index contributed by atoms with van der Waals surface area (Å²) >= 11 is 1.44. The highest BCUT2D eigenvalue weighted by Crippen LogP contribution is 2.31. The number of carbonyl (C=O) groups excluding carboxylic acids is 1. The van der Waals surface area contributed by atoms with E-state index in [1.165, 1.54) is 11.3 Å². The van der Waals surface area contributed by atoms with Gasteiger partial charge in [0.05, 0.1) is 5.41 Å². The second-order valence-electron chi connectivity index (χ2n) is 5.65. The predicted octanol–water partition coefficient (Wildman–Crippen LogP) is 1.85. The lowest BCUT2D eigenvalue weighted by molar-refractivity contribution is -0.130. The second-order valence-corrected chi connectivity index (χ2v) is 6.71. The van der Waals surface area contributed by atoms with Crippen LogP contribution in [0, 0.1) is 11.3 Å². The second kappa shape index (κ2) is 8.03. The van der Waals surface area contributed by atoms with Gasteiger partial charge in [-0.05, 0) is 18.8 Å². The molecule has 1 aromatic rings. The molecule has 6 nitrogen and oxygen atoms in total. The molecule has 0 aromatic carbocycles. The number of hydrogen-bond acceptors (Lipinski definition) is 6. The predicted molar refractivity (Wildman–Crippen MR) is 85.9 cm³/mol. The molecule has 0 unspecified atom stereocenters. The standard InChI is InChI=1S/C13H22N4O2S.ClH/c1-9(2)7-10-16-17-12(20-10)15-11(18)13(8-14)3-5-19-6-4-13;/h9H,3-8,14H2,1-2H3,(H,15,17,18);1H. The van der Waals surface area contributed by atoms with Gasteiger partial charge in [-0.15, -0.1) is 22.6 Å². The van der Waals surface area contributed by atoms with Crippen LogP contribution in [0.1, 0.15) is 31.7 Å². The minimum atomic E-state index is -0.526. The van der Waals surface area contributed by atoms with E-state index < -0.39 is 5.41 Å². The van der Waals surface area contributed by atoms with E-state index in [9.17, 15) is 4.79 Å². The smallest absolute Gasteiger partial charge is 0.233 e. The Labute approximate surface area is 135 Å². The maximum atomic E-state index is 12.4. The van der Waals surface area contributed by atoms with Crippen molar-refractivity contribution in [3.05, 3.63) is 5.01 Å². The van der Waals surface area contributed by atoms with Gasteiger partial charge in [0.25, 0.3) is 0 Å². The first-order valence-corrected chi connectivity index (χ1v) is 7.79. The lowest BCUT2D eigenvalue weighted by Gasteiger charge is -2.34. The molecular weight excluding hydrogens is 312 g/mol. The van der Waals surface area contributed by atoms with Gasteiger partial charge in [-0.1, -0.05) is 25.2 Å². The van der Waals surface area contributed by atoms with E-state index in [0.717, 1.165) is 11.4 Å². The monoisotopic (exact) mass is 334 g/mol. The maximum Gasteiger partial charge on any atom is 0.233 e. The Balaban J connectivity index is 0.00000220. The Morgan fingerprint density at radius 3 is 2.67 bits per heavy atom. The molecule has 3 N–H and O–H groups in total. The van der Waals surface area contributed by atoms with Crippen molar-refractivity contribution in [1.29, 1.82) is 0 Å². The summed E-state index contributed by atoms with van der Waals surface area (Å²) in [6.07, 6.45) is 2.20. The van der Waals surface area contributed by atoms with Crippen molar-refractivity contribution in [1.82, 2.24) is 10.2 Å². The van der Waals surface area contributed by atoms with E-state index in [1.807, 2.05) is 0 Å². The van der Waals surface area contributed by atoms with Crippen LogP contribution in [-0.4, -0.2) is 35.9 Å². The first kappa shape index (κ1) is 18.3. The van der Waals surface area contributed by atoms with E-state index in [-0.39, 0.29) is 18.3 Å². The van der Waals surface area contributed by atoms with Crippen molar-refractivity contribution < 1.29 is 9.53 Å². The SMILES string of the molecule is CC(C)Cc1nnc(NC(=O)C2(CN)CCOCC2)s1.Cl. The minimum absolute atomic E-state index is 0. The zero-order valence-electron chi connectivity index (χ0n) is 12.4. The topological polar surface area (TPSA) is 90.1 Å². The molecule has 0 saturated carbocycles. The number of hydrogen-bond donors (Lipinski definition) is 2. The summed E-state index contributed by atoms with van der Waals surface area (Å²) in [6.45, 7) is 5.76. The summed E-state index contributed by atoms with van der Waals surface area (Å²) < 4.78 is 5.31. The first-order chi connectivity index (χ1) is 9.55. The summed E-state index contributed by atoms with van der Waals surface area (Å²) in [5.41, 5.74) is 5.29. The molecule has 1 aliphatic rings. The Kier molecular flexibility index (Phi) is 6.99. The number of nitrogens with one attached hydrogen (secondary N) is 1. The highest BCUT2D eigenvalue weighted by atomic mass is 35.5. The average Bonchev–Trinajstić information content (AvgIpc) is 2.85. The molecule has 8 heteroatoms. The average molecular weight is 335 g/mol. The number of carbonyl (C=O) groups is 1. The molecule has 0 spiro atoms. The first-order valence-electron chi connectivity index (χ1n) is 6.97. The van der Waals surface area contributed by atoms with Crippen LogP contribution in [0.25, 0.3) is 0 Å². The molecule has 1 aromatic heterocycles. The molecule has 0 aliphatic carbocycles. The van der Waals surface area contributed by atoms with Crippen LogP contribution in [0.2, 0.25) is 0 Å². The van der Waals surface area contributed by atoms with E-state index in [2.05, 4.69) is 29.4 Å². The largest absolute Gasteiger partial charge is 0.381 e. The van der Waals surface area contributed by atoms with Gasteiger partial charge in [-0.25, -0.2) is 0 Å². The van der Waals surface area contributed by atoms with Gasteiger partial charge < -0.3 is 10.5 Å². The molecule has 2 rings (SSSR count). The fourth-order valence-corrected chi connectivity index (χ4v) is 3.20. The van der Waals surface area contributed by atoms with Crippen molar-refractivity contribution in [3.8, 4) is 0 Å². The Morgan fingerprint density at radius 1 is 1.43 bits per heavy atom. The van der Waals surface area contributed by atoms with Gasteiger partial charge in [0.2, 0.25) is 11.0 Å². The van der Waals surface area contributed by atoms with E-state index in [4.69, 9.17) is 10.5 Å². The highest BCUT2D eigenvalue weighted by Gasteiger charge is 2.39. The molecule has 120 valence electrons. The van der Waals surface area contributed by atoms with Gasteiger partial charge in [-0.3, -0.25) is 10.1 Å². The third kappa shape index (κ3) is 4.60. The number of nitrogens with two attached hydrogens (primary N) is 1. The van der Waals surface area contributed by atoms with Crippen LogP contribution in [-0.2, 0) is 16.0 Å². The fourth-order valence-electron chi connectivity index (χ4n) is 2.25. The number of nitrogens with zero attached hydrogens (tertiary/aromatic N) is 2. The normalized spacial score (nSPS) is 17.3. The summed E-state index contributed by atoms with van der Waals surface area (Å²) in [5, 5.41) is 12.5. The van der Waals surface area contributed by atoms with Crippen molar-refractivity contribution >= 4 is 34.8 Å². The van der Waals surface area contributed by atoms with Crippen LogP contribution in [0.4, 0.5) is 5.13 Å². The third-order valence-corrected chi connectivity index (χ3v) is 4.45. The zero-order valence-corrected chi connectivity index (χ0v) is 14.1. The Bertz CT molecular complexity index is 461. The summed E-state index contributed by atoms with van der Waals surface area (Å²) in [4.78, 5) is 12.4. The minimum Gasteiger partial charge on any atom is -0.381 e. The lowest BCUT2D eigenvalue weighted by Crippen LogP contribution is -2.46. The van der Waals surface area contributed by atoms with Gasteiger partial charge in [0, 0.05) is 26.2 Å². The maximum absolute atomic E-state index is 12.4. The van der Waals surface area contributed by atoms with Crippen molar-refractivity contribution in [2.75, 3.05) is 25.1 Å². The van der Waals surface area contributed by atoms with Crippen molar-refractivity contribution in [2.24, 2.45) is 17.1 Å². The quantitative estimate of drug-likeness (QED) is 0.857. The van der Waals surface area contributed by atoms with Gasteiger partial charge >= 0.3 is 0 Å². The molecular formula is C13H23ClN4O2S. The summed E-state index contributed by atoms with van der Waals surface area (Å²) in [5.74, 6) is 0.466. The highest BCUT2D eigenvalue weighted by molar-refractivity contribution is 7.15. The van der Waals surface area contributed by atoms with Crippen molar-refractivity contribution in [2.45, 2.75) is 33.1 Å². The third-order valence-electron chi connectivity index (χ3n) is 3.59. The number of ether oxygens (including phenoxy) is 1. The molecule has 2 heterocycles. The van der Waals surface area contributed by atoms with Gasteiger partial charge in [0.15, 0.2) is 0 Å². The van der Waals surface area contributed by atoms with Crippen LogP contribution >= 0.6 is 23.7 Å². The van der Waals surface area contributed by atoms with Crippen molar-refractivity contribution in [3.63, 3.8) is 0 Å². The number of amides is 1. The Morgan fingerprint density at radius 2 is 2.10 bits per heavy atom. The fraction of sp³-hybridized carbons (Fsp3) is 0.769. The Hall–Kier alpha value is -0.760. The van der Waals surface area contributed by atoms with Crippen LogP contribution < -0.4 is 11.1 Å². The number of rotatable bonds is 5. The van der Waals surface area contributed by atoms with E-state index in [1.54, 1.807) is 0 Å². The molecule has 0 bridgehead atoms. The molecule has 1 aliphatic heterocycles. The number of anilines is 1. The molecule has 1 saturated heterocycles. The number of aromatic nitrogens is 2. The molecule has 1 amide bonds. The molecule has 21 heavy (non-hydrogen) atoms. The molecule has 0 atom stereocenters. The molecule has 0 radical (unpaired) electrons. The van der Waals surface area contributed by atoms with E-state index in [0.29, 0.717) is 43.6 Å². The van der Waals surface area contributed by atoms with Crippen LogP contribution in [0.3, 0.4) is 0 Å². The van der Waals surface area contributed by atoms with E-state index >= 15 is 0 Å². The summed E-state index contributed by atoms with van der Waals surface area (Å²) in [6, 6.07) is 0. The van der Waals surface area contributed by atoms with Gasteiger partial charge in [-0.2, -0.15) is 0 Å². The van der Waals surface area contributed by atoms with Crippen LogP contribution in [0.5, 0.6) is 0 Å².